The van der Waals surface area contributed by atoms with Gasteiger partial charge >= 0.3 is 6.18 Å². The number of hydrogen-bond acceptors (Lipinski definition) is 7. The lowest BCUT2D eigenvalue weighted by molar-refractivity contribution is -0.141. The Balaban J connectivity index is 1.96. The van der Waals surface area contributed by atoms with Gasteiger partial charge in [-0.1, -0.05) is 0 Å². The molecule has 0 fully saturated rings. The van der Waals surface area contributed by atoms with E-state index >= 15 is 0 Å². The molecule has 0 spiro atoms. The van der Waals surface area contributed by atoms with Gasteiger partial charge in [-0.25, -0.2) is 9.97 Å². The van der Waals surface area contributed by atoms with Crippen molar-refractivity contribution in [3.63, 3.8) is 0 Å². The van der Waals surface area contributed by atoms with Crippen LogP contribution in [0.2, 0.25) is 0 Å². The van der Waals surface area contributed by atoms with Crippen molar-refractivity contribution in [3.05, 3.63) is 70.8 Å². The maximum atomic E-state index is 13.2. The number of halogens is 3. The average Bonchev–Trinajstić information content (AvgIpc) is 2.80. The summed E-state index contributed by atoms with van der Waals surface area (Å²) in [7, 11) is -0.244. The van der Waals surface area contributed by atoms with E-state index in [-0.39, 0.29) is 27.4 Å². The van der Waals surface area contributed by atoms with Gasteiger partial charge in [-0.15, -0.1) is 0 Å². The van der Waals surface area contributed by atoms with E-state index in [1.165, 1.54) is 22.7 Å². The summed E-state index contributed by atoms with van der Waals surface area (Å²) in [6.07, 6.45) is -0.552. The molecule has 33 heavy (non-hydrogen) atoms. The number of aryl methyl sites for hydroxylation is 1. The minimum Gasteiger partial charge on any atom is -0.395 e. The first-order valence-corrected chi connectivity index (χ1v) is 10.7. The fourth-order valence-corrected chi connectivity index (χ4v) is 4.03. The highest BCUT2D eigenvalue weighted by atomic mass is 28.2. The Kier molecular flexibility index (Phi) is 6.06. The van der Waals surface area contributed by atoms with Crippen molar-refractivity contribution in [1.82, 2.24) is 24.2 Å². The standard InChI is InChI=1S/C21H17F3N6O2Si/c1-11-13(3-2-6-26-11)19-18-14(20(32)30(10-28-18)33-17(25)9-31)7-15(29-19)12-4-5-16(27-8-12)21(22,23)24/h2-8,10,17,31H,9,25H2,1H3/t17-/m1/s1. The summed E-state index contributed by atoms with van der Waals surface area (Å²) in [4.78, 5) is 30.0. The van der Waals surface area contributed by atoms with Crippen molar-refractivity contribution in [2.45, 2.75) is 18.8 Å². The number of nitrogens with zero attached hydrogens (tertiary/aromatic N) is 5. The van der Waals surface area contributed by atoms with Crippen LogP contribution in [0.15, 0.2) is 53.8 Å². The molecule has 0 unspecified atom stereocenters. The lowest BCUT2D eigenvalue weighted by Crippen LogP contribution is -2.40. The highest BCUT2D eigenvalue weighted by Gasteiger charge is 2.32. The number of alkyl halides is 3. The van der Waals surface area contributed by atoms with Crippen LogP contribution in [0.1, 0.15) is 11.4 Å². The smallest absolute Gasteiger partial charge is 0.395 e. The van der Waals surface area contributed by atoms with Crippen LogP contribution in [0, 0.1) is 6.92 Å². The van der Waals surface area contributed by atoms with Gasteiger partial charge in [-0.3, -0.25) is 14.8 Å². The lowest BCUT2D eigenvalue weighted by atomic mass is 10.0. The predicted octanol–water partition coefficient (Wildman–Crippen LogP) is 1.99. The molecule has 4 aromatic rings. The van der Waals surface area contributed by atoms with Crippen LogP contribution in [-0.4, -0.2) is 51.2 Å². The van der Waals surface area contributed by atoms with Crippen LogP contribution in [-0.2, 0) is 6.18 Å². The summed E-state index contributed by atoms with van der Waals surface area (Å²) in [6.45, 7) is 1.47. The first-order valence-electron chi connectivity index (χ1n) is 9.70. The first kappa shape index (κ1) is 22.7. The van der Waals surface area contributed by atoms with Crippen molar-refractivity contribution in [3.8, 4) is 22.5 Å². The van der Waals surface area contributed by atoms with Crippen molar-refractivity contribution < 1.29 is 18.3 Å². The van der Waals surface area contributed by atoms with E-state index in [1.807, 2.05) is 0 Å². The Morgan fingerprint density at radius 3 is 2.64 bits per heavy atom. The van der Waals surface area contributed by atoms with E-state index in [2.05, 4.69) is 19.9 Å². The third kappa shape index (κ3) is 4.53. The molecule has 4 rings (SSSR count). The van der Waals surface area contributed by atoms with Crippen molar-refractivity contribution in [2.24, 2.45) is 5.73 Å². The molecule has 0 aromatic carbocycles. The number of aromatic nitrogens is 5. The van der Waals surface area contributed by atoms with Crippen molar-refractivity contribution in [1.29, 1.82) is 0 Å². The molecule has 1 atom stereocenters. The van der Waals surface area contributed by atoms with E-state index in [0.717, 1.165) is 12.3 Å². The number of pyridine rings is 3. The maximum absolute atomic E-state index is 13.2. The molecule has 0 saturated heterocycles. The van der Waals surface area contributed by atoms with Crippen LogP contribution in [0.5, 0.6) is 0 Å². The minimum absolute atomic E-state index is 0.207. The van der Waals surface area contributed by atoms with E-state index in [0.29, 0.717) is 28.0 Å². The second-order valence-corrected chi connectivity index (χ2v) is 8.64. The van der Waals surface area contributed by atoms with Crippen molar-refractivity contribution >= 4 is 20.6 Å². The normalized spacial score (nSPS) is 12.8. The average molecular weight is 470 g/mol. The topological polar surface area (TPSA) is 120 Å². The number of rotatable bonds is 5. The Morgan fingerprint density at radius 1 is 1.21 bits per heavy atom. The minimum atomic E-state index is -4.57. The largest absolute Gasteiger partial charge is 0.433 e. The van der Waals surface area contributed by atoms with Crippen LogP contribution in [0.25, 0.3) is 33.4 Å². The third-order valence-corrected chi connectivity index (χ3v) is 5.97. The van der Waals surface area contributed by atoms with Gasteiger partial charge < -0.3 is 15.1 Å². The SMILES string of the molecule is Cc1ncccc1-c1nc(-c2ccc(C(F)(F)F)nc2)cc2c(=O)n([Si][C@@H](N)CO)cnc12. The molecule has 0 amide bonds. The Morgan fingerprint density at radius 2 is 2.00 bits per heavy atom. The fourth-order valence-electron chi connectivity index (χ4n) is 3.22. The van der Waals surface area contributed by atoms with Gasteiger partial charge in [0.15, 0.2) is 0 Å². The van der Waals surface area contributed by atoms with Gasteiger partial charge in [0, 0.05) is 34.9 Å². The summed E-state index contributed by atoms with van der Waals surface area (Å²) in [5.74, 6) is 0. The summed E-state index contributed by atoms with van der Waals surface area (Å²) < 4.78 is 40.1. The zero-order valence-electron chi connectivity index (χ0n) is 17.2. The molecule has 168 valence electrons. The summed E-state index contributed by atoms with van der Waals surface area (Å²) in [5.41, 5.74) is 6.23. The third-order valence-electron chi connectivity index (χ3n) is 4.86. The molecule has 0 saturated carbocycles. The van der Waals surface area contributed by atoms with Crippen molar-refractivity contribution in [2.75, 3.05) is 6.61 Å². The molecule has 2 radical (unpaired) electrons. The molecular weight excluding hydrogens is 453 g/mol. The van der Waals surface area contributed by atoms with Gasteiger partial charge in [-0.05, 0) is 37.3 Å². The molecule has 4 aromatic heterocycles. The van der Waals surface area contributed by atoms with E-state index < -0.39 is 23.1 Å². The number of aliphatic hydroxyl groups is 1. The van der Waals surface area contributed by atoms with Crippen LogP contribution in [0.4, 0.5) is 13.2 Å². The Bertz CT molecular complexity index is 1380. The quantitative estimate of drug-likeness (QED) is 0.428. The molecule has 0 aliphatic rings. The van der Waals surface area contributed by atoms with Gasteiger partial charge in [-0.2, -0.15) is 13.2 Å². The number of hydrogen-bond donors (Lipinski definition) is 2. The van der Waals surface area contributed by atoms with Crippen LogP contribution < -0.4 is 11.3 Å². The predicted molar refractivity (Wildman–Crippen MR) is 116 cm³/mol. The van der Waals surface area contributed by atoms with Gasteiger partial charge in [0.1, 0.15) is 11.2 Å². The van der Waals surface area contributed by atoms with E-state index in [4.69, 9.17) is 5.73 Å². The molecule has 3 N–H and O–H groups in total. The van der Waals surface area contributed by atoms with Gasteiger partial charge in [0.2, 0.25) is 9.68 Å². The summed E-state index contributed by atoms with van der Waals surface area (Å²) in [6, 6.07) is 7.07. The lowest BCUT2D eigenvalue weighted by Gasteiger charge is -2.13. The second kappa shape index (κ2) is 8.81. The molecule has 0 aliphatic carbocycles. The number of nitrogens with two attached hydrogens (primary N) is 1. The molecule has 0 aliphatic heterocycles. The molecular formula is C21H17F3N6O2Si. The highest BCUT2D eigenvalue weighted by molar-refractivity contribution is 6.35. The zero-order chi connectivity index (χ0) is 23.8. The molecule has 0 bridgehead atoms. The maximum Gasteiger partial charge on any atom is 0.433 e. The van der Waals surface area contributed by atoms with Crippen LogP contribution in [0.3, 0.4) is 0 Å². The van der Waals surface area contributed by atoms with E-state index in [1.54, 1.807) is 25.3 Å². The van der Waals surface area contributed by atoms with Crippen LogP contribution >= 0.6 is 0 Å². The Labute approximate surface area is 187 Å². The first-order chi connectivity index (χ1) is 15.7. The summed E-state index contributed by atoms with van der Waals surface area (Å²) >= 11 is 0. The number of aliphatic hydroxyl groups excluding tert-OH is 1. The Hall–Kier alpha value is -3.48. The second-order valence-electron chi connectivity index (χ2n) is 7.16. The molecule has 4 heterocycles. The number of fused-ring (bicyclic) bond motifs is 1. The zero-order valence-corrected chi connectivity index (χ0v) is 18.2. The monoisotopic (exact) mass is 470 g/mol. The van der Waals surface area contributed by atoms with Gasteiger partial charge in [0.25, 0.3) is 5.56 Å². The highest BCUT2D eigenvalue weighted by Crippen LogP contribution is 2.31. The summed E-state index contributed by atoms with van der Waals surface area (Å²) in [5, 5.41) is 9.44. The molecule has 12 heteroatoms. The van der Waals surface area contributed by atoms with Gasteiger partial charge in [0.05, 0.1) is 29.7 Å². The fraction of sp³-hybridized carbons (Fsp3) is 0.190. The van der Waals surface area contributed by atoms with E-state index in [9.17, 15) is 23.1 Å². The molecule has 8 nitrogen and oxygen atoms in total.